The van der Waals surface area contributed by atoms with Gasteiger partial charge in [-0.3, -0.25) is 0 Å². The zero-order valence-corrected chi connectivity index (χ0v) is 35.2. The summed E-state index contributed by atoms with van der Waals surface area (Å²) in [5, 5.41) is 0. The van der Waals surface area contributed by atoms with E-state index in [1.54, 1.807) is 22.3 Å². The molecule has 4 aromatic carbocycles. The Kier molecular flexibility index (Phi) is 11.7. The summed E-state index contributed by atoms with van der Waals surface area (Å²) in [4.78, 5) is 0. The Labute approximate surface area is 299 Å². The van der Waals surface area contributed by atoms with Crippen molar-refractivity contribution in [3.8, 4) is 22.3 Å². The van der Waals surface area contributed by atoms with E-state index in [0.717, 1.165) is 6.42 Å². The molecule has 0 N–H and O–H groups in total. The number of hydrogen-bond acceptors (Lipinski definition) is 0. The Morgan fingerprint density at radius 1 is 0.596 bits per heavy atom. The summed E-state index contributed by atoms with van der Waals surface area (Å²) in [6, 6.07) is 33.1. The third kappa shape index (κ3) is 6.20. The Morgan fingerprint density at radius 2 is 1.02 bits per heavy atom. The second-order valence-corrected chi connectivity index (χ2v) is 42.4. The van der Waals surface area contributed by atoms with E-state index >= 15 is 0 Å². The van der Waals surface area contributed by atoms with E-state index in [2.05, 4.69) is 159 Å². The first-order chi connectivity index (χ1) is 21.5. The Bertz CT molecular complexity index is 1870. The van der Waals surface area contributed by atoms with Gasteiger partial charge >= 0.3 is 277 Å². The second-order valence-electron chi connectivity index (χ2n) is 14.8. The van der Waals surface area contributed by atoms with Crippen LogP contribution in [0.2, 0.25) is 8.26 Å². The van der Waals surface area contributed by atoms with E-state index in [-0.39, 0.29) is 24.8 Å². The molecule has 0 bridgehead atoms. The summed E-state index contributed by atoms with van der Waals surface area (Å²) in [6.45, 7) is 21.6. The fourth-order valence-corrected chi connectivity index (χ4v) is 33.0. The SMILES string of the molecule is CCC1=Cc2c(-c3ccc(C(C)C)cc3)cccc2[CH]1[Zr](=[SiH2])([CH2]C)([CH2]C)[CH]1C(C)=Cc2c(-c3ccc(C(C)C)cc3)cccc21.Cl.Cl. The average molecular weight is 761 g/mol. The molecule has 0 fully saturated rings. The molecule has 0 saturated carbocycles. The van der Waals surface area contributed by atoms with E-state index in [9.17, 15) is 0 Å². The van der Waals surface area contributed by atoms with Gasteiger partial charge in [-0.15, -0.1) is 24.8 Å². The number of fused-ring (bicyclic) bond motifs is 2. The fraction of sp³-hybridized carbons (Fsp3) is 0.349. The first-order valence-electron chi connectivity index (χ1n) is 17.4. The van der Waals surface area contributed by atoms with Crippen molar-refractivity contribution < 1.29 is 17.4 Å². The number of benzene rings is 4. The van der Waals surface area contributed by atoms with Gasteiger partial charge in [-0.25, -0.2) is 0 Å². The van der Waals surface area contributed by atoms with Crippen LogP contribution in [-0.4, -0.2) is 6.88 Å². The molecule has 0 aliphatic heterocycles. The smallest absolute Gasteiger partial charge is 0.147 e. The molecule has 0 saturated heterocycles. The third-order valence-electron chi connectivity index (χ3n) is 12.0. The van der Waals surface area contributed by atoms with Crippen LogP contribution in [-0.2, 0) is 17.4 Å². The largest absolute Gasteiger partial charge is 0.147 e. The minimum atomic E-state index is -3.70. The molecule has 248 valence electrons. The molecule has 2 atom stereocenters. The van der Waals surface area contributed by atoms with Crippen molar-refractivity contribution in [1.82, 2.24) is 0 Å². The second kappa shape index (κ2) is 14.5. The molecule has 0 spiro atoms. The van der Waals surface area contributed by atoms with E-state index in [1.165, 1.54) is 52.8 Å². The molecule has 4 aromatic rings. The predicted molar refractivity (Wildman–Crippen MR) is 213 cm³/mol. The summed E-state index contributed by atoms with van der Waals surface area (Å²) in [5.41, 5.74) is 17.8. The first-order valence-corrected chi connectivity index (χ1v) is 29.7. The molecule has 0 nitrogen and oxygen atoms in total. The molecular formula is C43H54Cl2SiZr. The van der Waals surface area contributed by atoms with Gasteiger partial charge in [0.25, 0.3) is 0 Å². The fourth-order valence-electron chi connectivity index (χ4n) is 9.11. The Balaban J connectivity index is 0.00000250. The molecule has 0 amide bonds. The molecule has 0 radical (unpaired) electrons. The van der Waals surface area contributed by atoms with Crippen LogP contribution in [0.5, 0.6) is 0 Å². The van der Waals surface area contributed by atoms with Crippen molar-refractivity contribution in [3.05, 3.63) is 129 Å². The van der Waals surface area contributed by atoms with Crippen molar-refractivity contribution in [2.75, 3.05) is 0 Å². The van der Waals surface area contributed by atoms with Crippen LogP contribution in [0.25, 0.3) is 34.4 Å². The topological polar surface area (TPSA) is 0 Å². The van der Waals surface area contributed by atoms with Gasteiger partial charge in [0.05, 0.1) is 0 Å². The van der Waals surface area contributed by atoms with Crippen LogP contribution in [0.15, 0.2) is 96.1 Å². The molecule has 2 unspecified atom stereocenters. The van der Waals surface area contributed by atoms with Crippen molar-refractivity contribution in [2.24, 2.45) is 0 Å². The minimum Gasteiger partial charge on any atom is -0.147 e. The van der Waals surface area contributed by atoms with Crippen LogP contribution in [0.1, 0.15) is 114 Å². The molecule has 2 aliphatic carbocycles. The number of allylic oxidation sites excluding steroid dienone is 2. The molecular weight excluding hydrogens is 707 g/mol. The summed E-state index contributed by atoms with van der Waals surface area (Å²) < 4.78 is 3.79. The summed E-state index contributed by atoms with van der Waals surface area (Å²) in [7, 11) is 0. The van der Waals surface area contributed by atoms with Gasteiger partial charge in [0.1, 0.15) is 0 Å². The number of hydrogen-bond donors (Lipinski definition) is 0. The minimum absolute atomic E-state index is 0. The maximum absolute atomic E-state index is 3.70. The van der Waals surface area contributed by atoms with Crippen molar-refractivity contribution in [2.45, 2.75) is 89.2 Å². The Morgan fingerprint density at radius 3 is 1.43 bits per heavy atom. The summed E-state index contributed by atoms with van der Waals surface area (Å²) >= 11 is -3.70. The predicted octanol–water partition coefficient (Wildman–Crippen LogP) is 13.2. The zero-order valence-electron chi connectivity index (χ0n) is 29.7. The van der Waals surface area contributed by atoms with Crippen molar-refractivity contribution in [1.29, 1.82) is 0 Å². The van der Waals surface area contributed by atoms with E-state index in [0.29, 0.717) is 19.1 Å². The first kappa shape index (κ1) is 37.9. The van der Waals surface area contributed by atoms with Gasteiger partial charge in [-0.05, 0) is 0 Å². The van der Waals surface area contributed by atoms with E-state index < -0.39 is 17.4 Å². The van der Waals surface area contributed by atoms with Gasteiger partial charge in [0, 0.05) is 0 Å². The number of rotatable bonds is 9. The molecule has 6 rings (SSSR count). The third-order valence-corrected chi connectivity index (χ3v) is 42.9. The van der Waals surface area contributed by atoms with Crippen LogP contribution in [0.3, 0.4) is 0 Å². The monoisotopic (exact) mass is 758 g/mol. The molecule has 0 aromatic heterocycles. The van der Waals surface area contributed by atoms with Crippen LogP contribution in [0, 0.1) is 0 Å². The number of halogens is 2. The molecule has 2 aliphatic rings. The normalized spacial score (nSPS) is 17.1. The van der Waals surface area contributed by atoms with Crippen molar-refractivity contribution in [3.63, 3.8) is 0 Å². The van der Waals surface area contributed by atoms with Gasteiger partial charge in [0.2, 0.25) is 0 Å². The molecule has 4 heteroatoms. The van der Waals surface area contributed by atoms with Crippen LogP contribution < -0.4 is 0 Å². The van der Waals surface area contributed by atoms with Crippen molar-refractivity contribution >= 4 is 43.8 Å². The average Bonchev–Trinajstić information content (AvgIpc) is 3.63. The maximum atomic E-state index is 2.62. The van der Waals surface area contributed by atoms with Gasteiger partial charge < -0.3 is 0 Å². The van der Waals surface area contributed by atoms with Crippen LogP contribution >= 0.6 is 24.8 Å². The van der Waals surface area contributed by atoms with Gasteiger partial charge in [0.15, 0.2) is 0 Å². The Hall–Kier alpha value is -1.96. The van der Waals surface area contributed by atoms with E-state index in [1.807, 2.05) is 0 Å². The quantitative estimate of drug-likeness (QED) is 0.149. The standard InChI is InChI=1S/C20H21.C19H19.2C2H5.2ClH.H2Si.Zr/c1-4-15-12-18-6-5-7-19(20(18)13-15)17-10-8-16(9-11-17)14(2)3;1-13(2)15-7-9-16(10-8-15)18-6-4-5-17-11-14(3)12-19(17)18;2*1-2;;;;/h5-14H,4H2,1-3H3;4-13H,1-3H3;2*1H2,2H3;2*1H;1H2;. The zero-order chi connectivity index (χ0) is 32.1. The van der Waals surface area contributed by atoms with Gasteiger partial charge in [-0.1, -0.05) is 0 Å². The summed E-state index contributed by atoms with van der Waals surface area (Å²) in [5.74, 6) is 1.10. The molecule has 47 heavy (non-hydrogen) atoms. The van der Waals surface area contributed by atoms with Crippen LogP contribution in [0.4, 0.5) is 0 Å². The summed E-state index contributed by atoms with van der Waals surface area (Å²) in [6.07, 6.45) is 6.33. The van der Waals surface area contributed by atoms with Gasteiger partial charge in [-0.2, -0.15) is 0 Å². The van der Waals surface area contributed by atoms with E-state index in [4.69, 9.17) is 0 Å². The molecule has 0 heterocycles. The maximum Gasteiger partial charge on any atom is -0.147 e.